The summed E-state index contributed by atoms with van der Waals surface area (Å²) in [6.07, 6.45) is 1.63. The second-order valence-corrected chi connectivity index (χ2v) is 6.63. The molecule has 0 saturated heterocycles. The van der Waals surface area contributed by atoms with E-state index in [1.165, 1.54) is 5.56 Å². The van der Waals surface area contributed by atoms with Gasteiger partial charge in [0.25, 0.3) is 0 Å². The van der Waals surface area contributed by atoms with E-state index in [1.807, 2.05) is 61.5 Å². The van der Waals surface area contributed by atoms with Gasteiger partial charge in [0, 0.05) is 45.0 Å². The Labute approximate surface area is 178 Å². The minimum Gasteiger partial charge on any atom is -0.493 e. The summed E-state index contributed by atoms with van der Waals surface area (Å²) < 4.78 is 10.8. The van der Waals surface area contributed by atoms with Crippen LogP contribution in [-0.4, -0.2) is 51.8 Å². The minimum atomic E-state index is -0.113. The summed E-state index contributed by atoms with van der Waals surface area (Å²) >= 11 is 0. The number of guanidine groups is 1. The number of carbonyl (C=O) groups excluding carboxylic acids is 1. The van der Waals surface area contributed by atoms with Crippen LogP contribution in [0.15, 0.2) is 59.6 Å². The van der Waals surface area contributed by atoms with Crippen molar-refractivity contribution >= 4 is 17.6 Å². The van der Waals surface area contributed by atoms with Gasteiger partial charge in [0.05, 0.1) is 6.61 Å². The summed E-state index contributed by atoms with van der Waals surface area (Å²) in [5, 5.41) is 9.27. The Hall–Kier alpha value is -3.06. The molecule has 0 unspecified atom stereocenters. The fourth-order valence-corrected chi connectivity index (χ4v) is 2.70. The standard InChI is InChI=1S/C23H32N4O3/c1-3-24-23(26-18-22(28)25-14-13-19-9-5-4-6-10-19)27-20-11-7-12-21(17-20)30-16-8-15-29-2/h4-7,9-12,17H,3,8,13-16,18H2,1-2H3,(H,25,28)(H2,24,26,27). The number of ether oxygens (including phenoxy) is 2. The Morgan fingerprint density at radius 1 is 1.03 bits per heavy atom. The molecule has 7 nitrogen and oxygen atoms in total. The lowest BCUT2D eigenvalue weighted by atomic mass is 10.1. The van der Waals surface area contributed by atoms with Crippen LogP contribution in [-0.2, 0) is 16.0 Å². The normalized spacial score (nSPS) is 11.1. The average molecular weight is 413 g/mol. The zero-order valence-corrected chi connectivity index (χ0v) is 17.8. The van der Waals surface area contributed by atoms with Crippen LogP contribution in [0, 0.1) is 0 Å². The molecule has 2 rings (SSSR count). The number of benzene rings is 2. The third-order valence-electron chi connectivity index (χ3n) is 4.16. The first-order valence-corrected chi connectivity index (χ1v) is 10.3. The van der Waals surface area contributed by atoms with Gasteiger partial charge in [-0.1, -0.05) is 36.4 Å². The molecular formula is C23H32N4O3. The highest BCUT2D eigenvalue weighted by Gasteiger charge is 2.04. The highest BCUT2D eigenvalue weighted by molar-refractivity contribution is 5.95. The van der Waals surface area contributed by atoms with Crippen molar-refractivity contribution in [3.05, 3.63) is 60.2 Å². The Bertz CT molecular complexity index is 781. The molecule has 0 aliphatic rings. The number of nitrogens with one attached hydrogen (secondary N) is 3. The van der Waals surface area contributed by atoms with Gasteiger partial charge >= 0.3 is 0 Å². The van der Waals surface area contributed by atoms with Gasteiger partial charge in [0.15, 0.2) is 5.96 Å². The van der Waals surface area contributed by atoms with Crippen LogP contribution >= 0.6 is 0 Å². The molecule has 0 heterocycles. The Kier molecular flexibility index (Phi) is 10.8. The predicted molar refractivity (Wildman–Crippen MR) is 121 cm³/mol. The quantitative estimate of drug-likeness (QED) is 0.284. The Morgan fingerprint density at radius 3 is 2.63 bits per heavy atom. The van der Waals surface area contributed by atoms with Gasteiger partial charge in [-0.05, 0) is 31.0 Å². The molecule has 162 valence electrons. The first-order valence-electron chi connectivity index (χ1n) is 10.3. The highest BCUT2D eigenvalue weighted by atomic mass is 16.5. The number of carbonyl (C=O) groups is 1. The molecule has 0 aliphatic heterocycles. The summed E-state index contributed by atoms with van der Waals surface area (Å²) in [7, 11) is 1.68. The van der Waals surface area contributed by atoms with Gasteiger partial charge in [-0.25, -0.2) is 4.99 Å². The number of rotatable bonds is 12. The molecule has 0 spiro atoms. The van der Waals surface area contributed by atoms with Crippen LogP contribution in [0.4, 0.5) is 5.69 Å². The fourth-order valence-electron chi connectivity index (χ4n) is 2.70. The molecule has 0 atom stereocenters. The molecule has 1 amide bonds. The monoisotopic (exact) mass is 412 g/mol. The lowest BCUT2D eigenvalue weighted by Gasteiger charge is -2.13. The maximum atomic E-state index is 12.1. The number of aliphatic imine (C=N–C) groups is 1. The van der Waals surface area contributed by atoms with E-state index in [9.17, 15) is 4.79 Å². The minimum absolute atomic E-state index is 0.0529. The summed E-state index contributed by atoms with van der Waals surface area (Å²) in [6.45, 7) is 4.57. The van der Waals surface area contributed by atoms with Crippen molar-refractivity contribution < 1.29 is 14.3 Å². The van der Waals surface area contributed by atoms with Crippen LogP contribution in [0.2, 0.25) is 0 Å². The van der Waals surface area contributed by atoms with Crippen molar-refractivity contribution in [2.75, 3.05) is 45.3 Å². The molecule has 0 saturated carbocycles. The van der Waals surface area contributed by atoms with Gasteiger partial charge < -0.3 is 25.4 Å². The molecular weight excluding hydrogens is 380 g/mol. The van der Waals surface area contributed by atoms with Crippen LogP contribution in [0.1, 0.15) is 18.9 Å². The molecule has 0 radical (unpaired) electrons. The van der Waals surface area contributed by atoms with Crippen molar-refractivity contribution in [2.24, 2.45) is 4.99 Å². The summed E-state index contributed by atoms with van der Waals surface area (Å²) in [5.41, 5.74) is 2.03. The molecule has 0 aromatic heterocycles. The molecule has 0 aliphatic carbocycles. The third-order valence-corrected chi connectivity index (χ3v) is 4.16. The van der Waals surface area contributed by atoms with Gasteiger partial charge in [-0.2, -0.15) is 0 Å². The number of hydrogen-bond donors (Lipinski definition) is 3. The largest absolute Gasteiger partial charge is 0.493 e. The van der Waals surface area contributed by atoms with Crippen molar-refractivity contribution in [3.63, 3.8) is 0 Å². The lowest BCUT2D eigenvalue weighted by Crippen LogP contribution is -2.33. The third kappa shape index (κ3) is 9.43. The maximum absolute atomic E-state index is 12.1. The number of anilines is 1. The first-order chi connectivity index (χ1) is 14.7. The van der Waals surface area contributed by atoms with Gasteiger partial charge in [0.1, 0.15) is 12.3 Å². The lowest BCUT2D eigenvalue weighted by molar-refractivity contribution is -0.119. The van der Waals surface area contributed by atoms with Crippen LogP contribution in [0.25, 0.3) is 0 Å². The van der Waals surface area contributed by atoms with E-state index < -0.39 is 0 Å². The zero-order chi connectivity index (χ0) is 21.4. The van der Waals surface area contributed by atoms with Crippen molar-refractivity contribution in [2.45, 2.75) is 19.8 Å². The molecule has 30 heavy (non-hydrogen) atoms. The van der Waals surface area contributed by atoms with Crippen molar-refractivity contribution in [1.29, 1.82) is 0 Å². The first kappa shape index (κ1) is 23.2. The average Bonchev–Trinajstić information content (AvgIpc) is 2.76. The van der Waals surface area contributed by atoms with Gasteiger partial charge in [-0.3, -0.25) is 4.79 Å². The highest BCUT2D eigenvalue weighted by Crippen LogP contribution is 2.17. The van der Waals surface area contributed by atoms with Gasteiger partial charge in [0.2, 0.25) is 5.91 Å². The number of hydrogen-bond acceptors (Lipinski definition) is 4. The summed E-state index contributed by atoms with van der Waals surface area (Å²) in [6, 6.07) is 17.7. The maximum Gasteiger partial charge on any atom is 0.241 e. The molecule has 2 aromatic carbocycles. The zero-order valence-electron chi connectivity index (χ0n) is 17.8. The topological polar surface area (TPSA) is 84.0 Å². The van der Waals surface area contributed by atoms with Crippen molar-refractivity contribution in [3.8, 4) is 5.75 Å². The number of methoxy groups -OCH3 is 1. The molecule has 0 bridgehead atoms. The van der Waals surface area contributed by atoms with Crippen LogP contribution in [0.5, 0.6) is 5.75 Å². The van der Waals surface area contributed by atoms with E-state index in [4.69, 9.17) is 9.47 Å². The van der Waals surface area contributed by atoms with Gasteiger partial charge in [-0.15, -0.1) is 0 Å². The smallest absolute Gasteiger partial charge is 0.241 e. The summed E-state index contributed by atoms with van der Waals surface area (Å²) in [5.74, 6) is 1.20. The number of nitrogens with zero attached hydrogens (tertiary/aromatic N) is 1. The van der Waals surface area contributed by atoms with Crippen molar-refractivity contribution in [1.82, 2.24) is 10.6 Å². The SMILES string of the molecule is CCNC(=NCC(=O)NCCc1ccccc1)Nc1cccc(OCCCOC)c1. The van der Waals surface area contributed by atoms with E-state index in [2.05, 4.69) is 20.9 Å². The molecule has 3 N–H and O–H groups in total. The fraction of sp³-hybridized carbons (Fsp3) is 0.391. The van der Waals surface area contributed by atoms with E-state index in [0.717, 1.165) is 24.3 Å². The Balaban J connectivity index is 1.82. The second-order valence-electron chi connectivity index (χ2n) is 6.63. The molecule has 7 heteroatoms. The van der Waals surface area contributed by atoms with Crippen LogP contribution < -0.4 is 20.7 Å². The predicted octanol–water partition coefficient (Wildman–Crippen LogP) is 2.84. The molecule has 0 fully saturated rings. The van der Waals surface area contributed by atoms with E-state index in [-0.39, 0.29) is 12.5 Å². The van der Waals surface area contributed by atoms with E-state index >= 15 is 0 Å². The molecule has 2 aromatic rings. The Morgan fingerprint density at radius 2 is 1.87 bits per heavy atom. The van der Waals surface area contributed by atoms with E-state index in [1.54, 1.807) is 7.11 Å². The van der Waals surface area contributed by atoms with E-state index in [0.29, 0.717) is 32.3 Å². The second kappa shape index (κ2) is 14.0. The number of amides is 1. The summed E-state index contributed by atoms with van der Waals surface area (Å²) in [4.78, 5) is 16.5. The van der Waals surface area contributed by atoms with Crippen LogP contribution in [0.3, 0.4) is 0 Å².